The van der Waals surface area contributed by atoms with Crippen LogP contribution in [0.2, 0.25) is 0 Å². The van der Waals surface area contributed by atoms with Crippen LogP contribution < -0.4 is 9.47 Å². The molecule has 1 aromatic heterocycles. The number of methoxy groups -OCH3 is 3. The summed E-state index contributed by atoms with van der Waals surface area (Å²) in [4.78, 5) is 17.5. The number of carbonyl (C=O) groups excluding carboxylic acids is 1. The van der Waals surface area contributed by atoms with Gasteiger partial charge in [-0.15, -0.1) is 0 Å². The predicted molar refractivity (Wildman–Crippen MR) is 114 cm³/mol. The molecule has 30 heavy (non-hydrogen) atoms. The molecule has 7 nitrogen and oxygen atoms in total. The van der Waals surface area contributed by atoms with Crippen LogP contribution in [0.3, 0.4) is 0 Å². The summed E-state index contributed by atoms with van der Waals surface area (Å²) in [6.07, 6.45) is 0. The van der Waals surface area contributed by atoms with E-state index in [4.69, 9.17) is 14.2 Å². The first-order valence-corrected chi connectivity index (χ1v) is 9.58. The smallest absolute Gasteiger partial charge is 0.315 e. The Kier molecular flexibility index (Phi) is 5.27. The number of aromatic nitrogens is 2. The summed E-state index contributed by atoms with van der Waals surface area (Å²) in [5, 5.41) is 7.56. The summed E-state index contributed by atoms with van der Waals surface area (Å²) in [5.41, 5.74) is 4.03. The molecule has 0 saturated carbocycles. The van der Waals surface area contributed by atoms with Crippen LogP contribution in [0.15, 0.2) is 53.5 Å². The van der Waals surface area contributed by atoms with E-state index in [2.05, 4.69) is 15.2 Å². The lowest BCUT2D eigenvalue weighted by Gasteiger charge is -2.30. The van der Waals surface area contributed by atoms with Crippen molar-refractivity contribution in [1.29, 1.82) is 0 Å². The molecular formula is C23H23N3O4. The van der Waals surface area contributed by atoms with Crippen molar-refractivity contribution in [3.63, 3.8) is 0 Å². The van der Waals surface area contributed by atoms with Gasteiger partial charge in [0, 0.05) is 22.8 Å². The molecule has 2 aromatic carbocycles. The first-order chi connectivity index (χ1) is 14.6. The fraction of sp³-hybridized carbons (Fsp3) is 0.261. The normalized spacial score (nSPS) is 17.7. The number of H-pyrrole nitrogens is 1. The SMILES string of the molecule is COC(=O)C1C(C)=Nc2n[nH]c(-c3ccccc3)c2C1c1cccc(OC)c1OC. The van der Waals surface area contributed by atoms with E-state index in [1.165, 1.54) is 7.11 Å². The molecular weight excluding hydrogens is 382 g/mol. The first kappa shape index (κ1) is 19.7. The number of rotatable bonds is 5. The second-order valence-electron chi connectivity index (χ2n) is 7.02. The highest BCUT2D eigenvalue weighted by Crippen LogP contribution is 2.50. The number of benzene rings is 2. The summed E-state index contributed by atoms with van der Waals surface area (Å²) in [5.74, 6) is 0.316. The Morgan fingerprint density at radius 1 is 1.00 bits per heavy atom. The number of aromatic amines is 1. The molecule has 0 aliphatic carbocycles. The minimum absolute atomic E-state index is 0.364. The molecule has 0 bridgehead atoms. The van der Waals surface area contributed by atoms with Gasteiger partial charge in [-0.25, -0.2) is 4.99 Å². The molecule has 1 aliphatic rings. The fourth-order valence-electron chi connectivity index (χ4n) is 4.12. The highest BCUT2D eigenvalue weighted by Gasteiger charge is 2.43. The van der Waals surface area contributed by atoms with Crippen LogP contribution in [0.5, 0.6) is 11.5 Å². The van der Waals surface area contributed by atoms with Crippen LogP contribution in [-0.4, -0.2) is 43.2 Å². The third-order valence-corrected chi connectivity index (χ3v) is 5.45. The van der Waals surface area contributed by atoms with Crippen LogP contribution in [0, 0.1) is 5.92 Å². The predicted octanol–water partition coefficient (Wildman–Crippen LogP) is 4.12. The molecule has 3 aromatic rings. The Hall–Kier alpha value is -3.61. The lowest BCUT2D eigenvalue weighted by Crippen LogP contribution is -2.33. The number of hydrogen-bond acceptors (Lipinski definition) is 6. The van der Waals surface area contributed by atoms with Gasteiger partial charge in [0.1, 0.15) is 5.92 Å². The van der Waals surface area contributed by atoms with Gasteiger partial charge < -0.3 is 14.2 Å². The van der Waals surface area contributed by atoms with Crippen molar-refractivity contribution < 1.29 is 19.0 Å². The molecule has 7 heteroatoms. The standard InChI is InChI=1S/C23H23N3O4/c1-13-17(23(27)30-4)18(15-11-8-12-16(28-2)21(15)29-3)19-20(25-26-22(19)24-13)14-9-6-5-7-10-14/h5-12,17-18H,1-4H3,(H,25,26). The van der Waals surface area contributed by atoms with Crippen LogP contribution in [-0.2, 0) is 9.53 Å². The van der Waals surface area contributed by atoms with Crippen LogP contribution in [0.1, 0.15) is 24.0 Å². The van der Waals surface area contributed by atoms with Crippen molar-refractivity contribution >= 4 is 17.5 Å². The van der Waals surface area contributed by atoms with Gasteiger partial charge in [-0.2, -0.15) is 5.10 Å². The number of aliphatic imine (C=N–C) groups is 1. The molecule has 0 radical (unpaired) electrons. The molecule has 0 saturated heterocycles. The topological polar surface area (TPSA) is 85.8 Å². The van der Waals surface area contributed by atoms with E-state index in [-0.39, 0.29) is 5.97 Å². The molecule has 0 fully saturated rings. The largest absolute Gasteiger partial charge is 0.493 e. The molecule has 0 spiro atoms. The maximum Gasteiger partial charge on any atom is 0.315 e. The van der Waals surface area contributed by atoms with Gasteiger partial charge in [0.05, 0.1) is 27.0 Å². The van der Waals surface area contributed by atoms with Crippen LogP contribution in [0.25, 0.3) is 11.3 Å². The number of hydrogen-bond donors (Lipinski definition) is 1. The van der Waals surface area contributed by atoms with Crippen molar-refractivity contribution in [2.75, 3.05) is 21.3 Å². The van der Waals surface area contributed by atoms with Gasteiger partial charge in [-0.05, 0) is 18.6 Å². The van der Waals surface area contributed by atoms with Crippen LogP contribution >= 0.6 is 0 Å². The number of fused-ring (bicyclic) bond motifs is 1. The maximum absolute atomic E-state index is 12.9. The highest BCUT2D eigenvalue weighted by atomic mass is 16.5. The van der Waals surface area contributed by atoms with E-state index >= 15 is 0 Å². The summed E-state index contributed by atoms with van der Waals surface area (Å²) < 4.78 is 16.4. The van der Waals surface area contributed by atoms with Crippen molar-refractivity contribution in [3.05, 3.63) is 59.7 Å². The lowest BCUT2D eigenvalue weighted by molar-refractivity contribution is -0.143. The third-order valence-electron chi connectivity index (χ3n) is 5.45. The van der Waals surface area contributed by atoms with E-state index in [1.54, 1.807) is 14.2 Å². The number of ether oxygens (including phenoxy) is 3. The minimum atomic E-state index is -0.622. The second kappa shape index (κ2) is 8.02. The quantitative estimate of drug-likeness (QED) is 0.646. The number of carbonyl (C=O) groups is 1. The Bertz CT molecular complexity index is 1100. The number of nitrogens with zero attached hydrogens (tertiary/aromatic N) is 2. The van der Waals surface area contributed by atoms with Crippen molar-refractivity contribution in [2.45, 2.75) is 12.8 Å². The maximum atomic E-state index is 12.9. The summed E-state index contributed by atoms with van der Waals surface area (Å²) in [6.45, 7) is 1.82. The van der Waals surface area contributed by atoms with E-state index in [0.717, 1.165) is 22.4 Å². The monoisotopic (exact) mass is 405 g/mol. The zero-order valence-electron chi connectivity index (χ0n) is 17.3. The lowest BCUT2D eigenvalue weighted by atomic mass is 9.75. The van der Waals surface area contributed by atoms with E-state index in [1.807, 2.05) is 55.5 Å². The molecule has 2 atom stereocenters. The van der Waals surface area contributed by atoms with Crippen molar-refractivity contribution in [1.82, 2.24) is 10.2 Å². The second-order valence-corrected chi connectivity index (χ2v) is 7.02. The van der Waals surface area contributed by atoms with E-state index < -0.39 is 11.8 Å². The summed E-state index contributed by atoms with van der Waals surface area (Å²) >= 11 is 0. The molecule has 2 unspecified atom stereocenters. The van der Waals surface area contributed by atoms with Gasteiger partial charge in [0.25, 0.3) is 0 Å². The van der Waals surface area contributed by atoms with Gasteiger partial charge in [-0.3, -0.25) is 9.89 Å². The average molecular weight is 405 g/mol. The minimum Gasteiger partial charge on any atom is -0.493 e. The van der Waals surface area contributed by atoms with E-state index in [0.29, 0.717) is 23.0 Å². The summed E-state index contributed by atoms with van der Waals surface area (Å²) in [7, 11) is 4.57. The Morgan fingerprint density at radius 2 is 1.77 bits per heavy atom. The van der Waals surface area contributed by atoms with E-state index in [9.17, 15) is 4.79 Å². The number of para-hydroxylation sites is 1. The average Bonchev–Trinajstić information content (AvgIpc) is 3.20. The summed E-state index contributed by atoms with van der Waals surface area (Å²) in [6, 6.07) is 15.5. The Morgan fingerprint density at radius 3 is 2.43 bits per heavy atom. The molecule has 0 amide bonds. The first-order valence-electron chi connectivity index (χ1n) is 9.58. The van der Waals surface area contributed by atoms with Gasteiger partial charge in [-0.1, -0.05) is 42.5 Å². The highest BCUT2D eigenvalue weighted by molar-refractivity contribution is 6.05. The number of esters is 1. The zero-order valence-corrected chi connectivity index (χ0v) is 17.3. The molecule has 154 valence electrons. The van der Waals surface area contributed by atoms with Gasteiger partial charge in [0.15, 0.2) is 17.3 Å². The van der Waals surface area contributed by atoms with Crippen molar-refractivity contribution in [2.24, 2.45) is 10.9 Å². The molecule has 1 N–H and O–H groups in total. The molecule has 2 heterocycles. The number of nitrogens with one attached hydrogen (secondary N) is 1. The molecule has 1 aliphatic heterocycles. The molecule has 4 rings (SSSR count). The third kappa shape index (κ3) is 3.12. The Balaban J connectivity index is 2.02. The van der Waals surface area contributed by atoms with Gasteiger partial charge in [0.2, 0.25) is 0 Å². The zero-order chi connectivity index (χ0) is 21.3. The van der Waals surface area contributed by atoms with Gasteiger partial charge >= 0.3 is 5.97 Å². The van der Waals surface area contributed by atoms with Crippen LogP contribution in [0.4, 0.5) is 5.82 Å². The fourth-order valence-corrected chi connectivity index (χ4v) is 4.12. The van der Waals surface area contributed by atoms with Crippen molar-refractivity contribution in [3.8, 4) is 22.8 Å². The Labute approximate surface area is 174 Å².